The molecule has 0 saturated heterocycles. The standard InChI is InChI=1S/C28H34N4O.2C2H6/c1-4-22(2)10-7-8-16-31-20-25-12-5-6-14-26(25)32(27(33)21-31)19-23-11-9-13-24(18-23)28-29-15-17-30(28)3;2*1-2/h4-7,9-14,18H,8,15-17,19-21H2,1-3H3;2*1-2H3/b10-7-,22-4-;;. The minimum atomic E-state index is 0.147. The van der Waals surface area contributed by atoms with E-state index in [-0.39, 0.29) is 5.91 Å². The highest BCUT2D eigenvalue weighted by Gasteiger charge is 2.26. The predicted octanol–water partition coefficient (Wildman–Crippen LogP) is 6.69. The molecule has 0 unspecified atom stereocenters. The number of amides is 1. The van der Waals surface area contributed by atoms with Crippen LogP contribution >= 0.6 is 0 Å². The molecule has 0 aliphatic carbocycles. The summed E-state index contributed by atoms with van der Waals surface area (Å²) >= 11 is 0. The van der Waals surface area contributed by atoms with E-state index in [2.05, 4.69) is 89.5 Å². The van der Waals surface area contributed by atoms with Crippen LogP contribution in [-0.2, 0) is 17.9 Å². The summed E-state index contributed by atoms with van der Waals surface area (Å²) in [4.78, 5) is 24.4. The number of likely N-dealkylation sites (N-methyl/N-ethyl adjacent to an activating group) is 1. The van der Waals surface area contributed by atoms with Gasteiger partial charge in [0.2, 0.25) is 5.91 Å². The molecule has 2 aliphatic rings. The lowest BCUT2D eigenvalue weighted by molar-refractivity contribution is -0.119. The maximum Gasteiger partial charge on any atom is 0.241 e. The predicted molar refractivity (Wildman–Crippen MR) is 159 cm³/mol. The second-order valence-electron chi connectivity index (χ2n) is 8.87. The number of hydrogen-bond donors (Lipinski definition) is 0. The topological polar surface area (TPSA) is 39.2 Å². The highest BCUT2D eigenvalue weighted by molar-refractivity contribution is 6.00. The number of benzene rings is 2. The molecule has 2 heterocycles. The van der Waals surface area contributed by atoms with E-state index in [4.69, 9.17) is 0 Å². The molecule has 0 bridgehead atoms. The number of para-hydroxylation sites is 1. The van der Waals surface area contributed by atoms with Crippen molar-refractivity contribution in [2.24, 2.45) is 4.99 Å². The summed E-state index contributed by atoms with van der Waals surface area (Å²) in [5, 5.41) is 0. The van der Waals surface area contributed by atoms with E-state index in [0.29, 0.717) is 13.1 Å². The van der Waals surface area contributed by atoms with Crippen LogP contribution in [0.5, 0.6) is 0 Å². The Morgan fingerprint density at radius 3 is 2.49 bits per heavy atom. The Labute approximate surface area is 225 Å². The molecule has 2 aromatic rings. The molecule has 0 saturated carbocycles. The molecular weight excluding hydrogens is 456 g/mol. The molecule has 200 valence electrons. The van der Waals surface area contributed by atoms with E-state index in [9.17, 15) is 4.79 Å². The summed E-state index contributed by atoms with van der Waals surface area (Å²) in [5.74, 6) is 1.18. The lowest BCUT2D eigenvalue weighted by atomic mass is 10.1. The van der Waals surface area contributed by atoms with Crippen molar-refractivity contribution in [3.05, 3.63) is 89.0 Å². The van der Waals surface area contributed by atoms with Crippen LogP contribution in [0.15, 0.2) is 77.3 Å². The fraction of sp³-hybridized carbons (Fsp3) is 0.438. The van der Waals surface area contributed by atoms with E-state index in [1.807, 2.05) is 45.6 Å². The summed E-state index contributed by atoms with van der Waals surface area (Å²) in [6, 6.07) is 16.8. The first kappa shape index (κ1) is 30.0. The molecular formula is C32H46N4O. The second kappa shape index (κ2) is 15.8. The van der Waals surface area contributed by atoms with Crippen molar-refractivity contribution >= 4 is 17.4 Å². The van der Waals surface area contributed by atoms with Crippen molar-refractivity contribution in [1.29, 1.82) is 0 Å². The molecule has 2 aromatic carbocycles. The van der Waals surface area contributed by atoms with Crippen molar-refractivity contribution in [1.82, 2.24) is 9.80 Å². The lowest BCUT2D eigenvalue weighted by Crippen LogP contribution is -2.37. The Bertz CT molecular complexity index is 1090. The Morgan fingerprint density at radius 1 is 1.03 bits per heavy atom. The van der Waals surface area contributed by atoms with Gasteiger partial charge < -0.3 is 9.80 Å². The minimum absolute atomic E-state index is 0.147. The smallest absolute Gasteiger partial charge is 0.241 e. The van der Waals surface area contributed by atoms with Gasteiger partial charge in [-0.15, -0.1) is 0 Å². The summed E-state index contributed by atoms with van der Waals surface area (Å²) in [6.07, 6.45) is 7.38. The van der Waals surface area contributed by atoms with Gasteiger partial charge in [-0.2, -0.15) is 0 Å². The van der Waals surface area contributed by atoms with Crippen molar-refractivity contribution < 1.29 is 4.79 Å². The highest BCUT2D eigenvalue weighted by atomic mass is 16.2. The van der Waals surface area contributed by atoms with Gasteiger partial charge in [0.05, 0.1) is 19.6 Å². The summed E-state index contributed by atoms with van der Waals surface area (Å²) < 4.78 is 0. The summed E-state index contributed by atoms with van der Waals surface area (Å²) in [7, 11) is 2.08. The van der Waals surface area contributed by atoms with Gasteiger partial charge in [0.1, 0.15) is 5.84 Å². The Morgan fingerprint density at radius 2 is 1.78 bits per heavy atom. The molecule has 1 amide bonds. The minimum Gasteiger partial charge on any atom is -0.358 e. The van der Waals surface area contributed by atoms with E-state index in [1.165, 1.54) is 11.1 Å². The molecule has 37 heavy (non-hydrogen) atoms. The van der Waals surface area contributed by atoms with Gasteiger partial charge in [-0.1, -0.05) is 87.9 Å². The number of aliphatic imine (C=N–C) groups is 1. The number of hydrogen-bond acceptors (Lipinski definition) is 4. The van der Waals surface area contributed by atoms with Crippen molar-refractivity contribution in [2.75, 3.05) is 38.1 Å². The van der Waals surface area contributed by atoms with Crippen LogP contribution in [0.25, 0.3) is 0 Å². The SMILES string of the molecule is C/C=C(C)\C=C/CCN1CC(=O)N(Cc2cccc(C3=NCCN3C)c2)c2ccccc2C1.CC.CC. The van der Waals surface area contributed by atoms with Gasteiger partial charge in [-0.3, -0.25) is 14.7 Å². The molecule has 0 spiro atoms. The van der Waals surface area contributed by atoms with Crippen LogP contribution in [0.1, 0.15) is 64.7 Å². The Kier molecular flexibility index (Phi) is 12.9. The molecule has 0 fully saturated rings. The van der Waals surface area contributed by atoms with E-state index < -0.39 is 0 Å². The third-order valence-corrected chi connectivity index (χ3v) is 6.37. The molecule has 0 atom stereocenters. The number of rotatable bonds is 7. The summed E-state index contributed by atoms with van der Waals surface area (Å²) in [6.45, 7) is 16.6. The zero-order chi connectivity index (χ0) is 27.2. The molecule has 5 nitrogen and oxygen atoms in total. The maximum atomic E-state index is 13.4. The molecule has 4 rings (SSSR count). The van der Waals surface area contributed by atoms with E-state index in [1.54, 1.807) is 0 Å². The molecule has 0 aromatic heterocycles. The third kappa shape index (κ3) is 8.43. The van der Waals surface area contributed by atoms with Gasteiger partial charge in [0.15, 0.2) is 0 Å². The van der Waals surface area contributed by atoms with Crippen LogP contribution < -0.4 is 4.90 Å². The highest BCUT2D eigenvalue weighted by Crippen LogP contribution is 2.27. The van der Waals surface area contributed by atoms with E-state index in [0.717, 1.165) is 55.2 Å². The number of allylic oxidation sites excluding steroid dienone is 3. The van der Waals surface area contributed by atoms with Crippen molar-refractivity contribution in [3.63, 3.8) is 0 Å². The van der Waals surface area contributed by atoms with Crippen molar-refractivity contribution in [2.45, 2.75) is 61.1 Å². The number of fused-ring (bicyclic) bond motifs is 1. The van der Waals surface area contributed by atoms with Crippen LogP contribution in [0.2, 0.25) is 0 Å². The molecule has 0 N–H and O–H groups in total. The van der Waals surface area contributed by atoms with E-state index >= 15 is 0 Å². The van der Waals surface area contributed by atoms with Gasteiger partial charge in [0, 0.05) is 37.9 Å². The zero-order valence-corrected chi connectivity index (χ0v) is 24.0. The van der Waals surface area contributed by atoms with Crippen LogP contribution in [0.3, 0.4) is 0 Å². The first-order valence-electron chi connectivity index (χ1n) is 13.8. The van der Waals surface area contributed by atoms with Crippen LogP contribution in [0.4, 0.5) is 5.69 Å². The Hall–Kier alpha value is -3.18. The molecule has 2 aliphatic heterocycles. The normalized spacial score (nSPS) is 15.9. The van der Waals surface area contributed by atoms with Crippen LogP contribution in [-0.4, -0.2) is 54.8 Å². The monoisotopic (exact) mass is 502 g/mol. The number of carbonyl (C=O) groups is 1. The zero-order valence-electron chi connectivity index (χ0n) is 24.0. The fourth-order valence-corrected chi connectivity index (χ4v) is 4.41. The average molecular weight is 503 g/mol. The second-order valence-corrected chi connectivity index (χ2v) is 8.87. The quantitative estimate of drug-likeness (QED) is 0.396. The van der Waals surface area contributed by atoms with Gasteiger partial charge in [-0.05, 0) is 43.5 Å². The number of nitrogens with zero attached hydrogens (tertiary/aromatic N) is 4. The molecule has 0 radical (unpaired) electrons. The van der Waals surface area contributed by atoms with Gasteiger partial charge in [-0.25, -0.2) is 0 Å². The van der Waals surface area contributed by atoms with Crippen LogP contribution in [0, 0.1) is 0 Å². The third-order valence-electron chi connectivity index (χ3n) is 6.37. The number of anilines is 1. The fourth-order valence-electron chi connectivity index (χ4n) is 4.41. The average Bonchev–Trinajstić information content (AvgIpc) is 3.32. The first-order chi connectivity index (χ1) is 18.0. The van der Waals surface area contributed by atoms with Gasteiger partial charge in [0.25, 0.3) is 0 Å². The lowest BCUT2D eigenvalue weighted by Gasteiger charge is -2.24. The first-order valence-corrected chi connectivity index (χ1v) is 13.8. The summed E-state index contributed by atoms with van der Waals surface area (Å²) in [5.41, 5.74) is 5.72. The number of amidine groups is 1. The Balaban J connectivity index is 0.00000115. The molecule has 5 heteroatoms. The van der Waals surface area contributed by atoms with Crippen molar-refractivity contribution in [3.8, 4) is 0 Å². The number of carbonyl (C=O) groups excluding carboxylic acids is 1. The largest absolute Gasteiger partial charge is 0.358 e. The maximum absolute atomic E-state index is 13.4. The van der Waals surface area contributed by atoms with Gasteiger partial charge >= 0.3 is 0 Å².